The normalized spacial score (nSPS) is 14.9. The number of piperidine rings is 1. The molecule has 1 saturated heterocycles. The number of amides is 3. The van der Waals surface area contributed by atoms with Gasteiger partial charge in [0.2, 0.25) is 5.91 Å². The SMILES string of the molecule is CC(C)CC(=O)N1CCC(n2nccc2NC(=O)Nc2cccc(F)c2)CC1. The number of hydrogen-bond acceptors (Lipinski definition) is 3. The maximum Gasteiger partial charge on any atom is 0.324 e. The number of rotatable bonds is 5. The van der Waals surface area contributed by atoms with Gasteiger partial charge in [-0.15, -0.1) is 0 Å². The van der Waals surface area contributed by atoms with Crippen LogP contribution in [0, 0.1) is 11.7 Å². The molecule has 0 atom stereocenters. The molecule has 1 aromatic heterocycles. The van der Waals surface area contributed by atoms with E-state index in [1.54, 1.807) is 23.0 Å². The van der Waals surface area contributed by atoms with Gasteiger partial charge in [-0.3, -0.25) is 10.1 Å². The highest BCUT2D eigenvalue weighted by Crippen LogP contribution is 2.26. The fraction of sp³-hybridized carbons (Fsp3) is 0.450. The number of likely N-dealkylation sites (tertiary alicyclic amines) is 1. The molecular weight excluding hydrogens is 361 g/mol. The average molecular weight is 387 g/mol. The van der Waals surface area contributed by atoms with Crippen molar-refractivity contribution in [1.82, 2.24) is 14.7 Å². The topological polar surface area (TPSA) is 79.3 Å². The summed E-state index contributed by atoms with van der Waals surface area (Å²) < 4.78 is 15.0. The highest BCUT2D eigenvalue weighted by atomic mass is 19.1. The third kappa shape index (κ3) is 5.09. The van der Waals surface area contributed by atoms with Gasteiger partial charge < -0.3 is 10.2 Å². The van der Waals surface area contributed by atoms with Crippen LogP contribution in [0.2, 0.25) is 0 Å². The number of aromatic nitrogens is 2. The molecule has 0 saturated carbocycles. The lowest BCUT2D eigenvalue weighted by atomic mass is 10.0. The van der Waals surface area contributed by atoms with Crippen molar-refractivity contribution < 1.29 is 14.0 Å². The Morgan fingerprint density at radius 3 is 2.64 bits per heavy atom. The molecule has 1 aliphatic heterocycles. The van der Waals surface area contributed by atoms with Crippen molar-refractivity contribution >= 4 is 23.4 Å². The smallest absolute Gasteiger partial charge is 0.324 e. The summed E-state index contributed by atoms with van der Waals surface area (Å²) in [6.45, 7) is 5.46. The van der Waals surface area contributed by atoms with Gasteiger partial charge in [0, 0.05) is 31.3 Å². The number of anilines is 2. The second-order valence-electron chi connectivity index (χ2n) is 7.46. The van der Waals surface area contributed by atoms with Gasteiger partial charge in [0.15, 0.2) is 0 Å². The summed E-state index contributed by atoms with van der Waals surface area (Å²) in [5.74, 6) is 0.702. The Bertz CT molecular complexity index is 828. The van der Waals surface area contributed by atoms with Crippen LogP contribution < -0.4 is 10.6 Å². The zero-order chi connectivity index (χ0) is 20.1. The van der Waals surface area contributed by atoms with Crippen LogP contribution in [0.3, 0.4) is 0 Å². The largest absolute Gasteiger partial charge is 0.343 e. The predicted molar refractivity (Wildman–Crippen MR) is 106 cm³/mol. The summed E-state index contributed by atoms with van der Waals surface area (Å²) in [5.41, 5.74) is 0.375. The Morgan fingerprint density at radius 2 is 1.96 bits per heavy atom. The Morgan fingerprint density at radius 1 is 1.21 bits per heavy atom. The summed E-state index contributed by atoms with van der Waals surface area (Å²) in [4.78, 5) is 26.4. The van der Waals surface area contributed by atoms with E-state index >= 15 is 0 Å². The van der Waals surface area contributed by atoms with Crippen molar-refractivity contribution in [2.75, 3.05) is 23.7 Å². The molecule has 0 bridgehead atoms. The van der Waals surface area contributed by atoms with Crippen molar-refractivity contribution in [2.45, 2.75) is 39.2 Å². The van der Waals surface area contributed by atoms with Gasteiger partial charge in [-0.25, -0.2) is 13.9 Å². The van der Waals surface area contributed by atoms with Crippen LogP contribution in [0.25, 0.3) is 0 Å². The molecule has 2 N–H and O–H groups in total. The summed E-state index contributed by atoms with van der Waals surface area (Å²) in [6, 6.07) is 7.09. The first kappa shape index (κ1) is 19.9. The predicted octanol–water partition coefficient (Wildman–Crippen LogP) is 3.88. The highest BCUT2D eigenvalue weighted by Gasteiger charge is 2.26. The maximum absolute atomic E-state index is 13.2. The summed E-state index contributed by atoms with van der Waals surface area (Å²) in [6.07, 6.45) is 3.77. The molecule has 2 aromatic rings. The second kappa shape index (κ2) is 8.86. The Balaban J connectivity index is 1.57. The van der Waals surface area contributed by atoms with Crippen molar-refractivity contribution in [3.05, 3.63) is 42.3 Å². The molecule has 1 aliphatic rings. The van der Waals surface area contributed by atoms with E-state index in [1.165, 1.54) is 18.2 Å². The molecule has 3 rings (SSSR count). The standard InChI is InChI=1S/C20H26FN5O2/c1-14(2)12-19(27)25-10-7-17(8-11-25)26-18(6-9-22-26)24-20(28)23-16-5-3-4-15(21)13-16/h3-6,9,13-14,17H,7-8,10-12H2,1-2H3,(H2,23,24,28). The van der Waals surface area contributed by atoms with E-state index < -0.39 is 11.8 Å². The summed E-state index contributed by atoms with van der Waals surface area (Å²) in [5, 5.41) is 9.71. The molecular formula is C20H26FN5O2. The minimum absolute atomic E-state index is 0.113. The molecule has 150 valence electrons. The zero-order valence-electron chi connectivity index (χ0n) is 16.2. The third-order valence-electron chi connectivity index (χ3n) is 4.74. The fourth-order valence-corrected chi connectivity index (χ4v) is 3.39. The lowest BCUT2D eigenvalue weighted by Crippen LogP contribution is -2.39. The number of halogens is 1. The second-order valence-corrected chi connectivity index (χ2v) is 7.46. The van der Waals surface area contributed by atoms with Crippen LogP contribution in [-0.4, -0.2) is 39.7 Å². The summed E-state index contributed by atoms with van der Waals surface area (Å²) >= 11 is 0. The van der Waals surface area contributed by atoms with Gasteiger partial charge in [-0.2, -0.15) is 5.10 Å². The number of nitrogens with zero attached hydrogens (tertiary/aromatic N) is 3. The molecule has 2 heterocycles. The van der Waals surface area contributed by atoms with Crippen LogP contribution in [0.5, 0.6) is 0 Å². The van der Waals surface area contributed by atoms with Crippen LogP contribution in [0.15, 0.2) is 36.5 Å². The van der Waals surface area contributed by atoms with Crippen molar-refractivity contribution in [3.63, 3.8) is 0 Å². The Hall–Kier alpha value is -2.90. The van der Waals surface area contributed by atoms with Crippen LogP contribution in [0.1, 0.15) is 39.2 Å². The number of urea groups is 1. The van der Waals surface area contributed by atoms with E-state index in [9.17, 15) is 14.0 Å². The monoisotopic (exact) mass is 387 g/mol. The van der Waals surface area contributed by atoms with E-state index in [0.717, 1.165) is 12.8 Å². The Labute approximate surface area is 163 Å². The first-order valence-electron chi connectivity index (χ1n) is 9.57. The lowest BCUT2D eigenvalue weighted by Gasteiger charge is -2.33. The van der Waals surface area contributed by atoms with Crippen LogP contribution in [-0.2, 0) is 4.79 Å². The number of carbonyl (C=O) groups is 2. The molecule has 28 heavy (non-hydrogen) atoms. The molecule has 8 heteroatoms. The van der Waals surface area contributed by atoms with Gasteiger partial charge in [-0.05, 0) is 37.0 Å². The van der Waals surface area contributed by atoms with E-state index in [-0.39, 0.29) is 11.9 Å². The number of benzene rings is 1. The minimum atomic E-state index is -0.461. The molecule has 0 unspecified atom stereocenters. The molecule has 0 spiro atoms. The van der Waals surface area contributed by atoms with Crippen LogP contribution in [0.4, 0.5) is 20.7 Å². The molecule has 1 aromatic carbocycles. The van der Waals surface area contributed by atoms with E-state index in [0.29, 0.717) is 36.9 Å². The number of carbonyl (C=O) groups excluding carboxylic acids is 2. The molecule has 0 radical (unpaired) electrons. The molecule has 0 aliphatic carbocycles. The maximum atomic E-state index is 13.2. The third-order valence-corrected chi connectivity index (χ3v) is 4.74. The summed E-state index contributed by atoms with van der Waals surface area (Å²) in [7, 11) is 0. The molecule has 7 nitrogen and oxygen atoms in total. The number of hydrogen-bond donors (Lipinski definition) is 2. The van der Waals surface area contributed by atoms with E-state index in [2.05, 4.69) is 15.7 Å². The van der Waals surface area contributed by atoms with Gasteiger partial charge in [0.1, 0.15) is 11.6 Å². The van der Waals surface area contributed by atoms with Gasteiger partial charge >= 0.3 is 6.03 Å². The van der Waals surface area contributed by atoms with Crippen molar-refractivity contribution in [1.29, 1.82) is 0 Å². The number of nitrogens with one attached hydrogen (secondary N) is 2. The van der Waals surface area contributed by atoms with Crippen molar-refractivity contribution in [2.24, 2.45) is 5.92 Å². The van der Waals surface area contributed by atoms with E-state index in [1.807, 2.05) is 18.7 Å². The minimum Gasteiger partial charge on any atom is -0.343 e. The van der Waals surface area contributed by atoms with Gasteiger partial charge in [0.25, 0.3) is 0 Å². The molecule has 3 amide bonds. The average Bonchev–Trinajstić information content (AvgIpc) is 3.09. The lowest BCUT2D eigenvalue weighted by molar-refractivity contribution is -0.133. The Kier molecular flexibility index (Phi) is 6.28. The van der Waals surface area contributed by atoms with Crippen molar-refractivity contribution in [3.8, 4) is 0 Å². The van der Waals surface area contributed by atoms with Crippen LogP contribution >= 0.6 is 0 Å². The quantitative estimate of drug-likeness (QED) is 0.817. The van der Waals surface area contributed by atoms with Gasteiger partial charge in [0.05, 0.1) is 12.2 Å². The first-order valence-corrected chi connectivity index (χ1v) is 9.57. The highest BCUT2D eigenvalue weighted by molar-refractivity contribution is 5.99. The van der Waals surface area contributed by atoms with Gasteiger partial charge in [-0.1, -0.05) is 19.9 Å². The molecule has 1 fully saturated rings. The zero-order valence-corrected chi connectivity index (χ0v) is 16.2. The fourth-order valence-electron chi connectivity index (χ4n) is 3.39. The first-order chi connectivity index (χ1) is 13.4. The van der Waals surface area contributed by atoms with E-state index in [4.69, 9.17) is 0 Å².